The number of carbonyl (C=O) groups is 1. The number of fused-ring (bicyclic) bond motifs is 1. The molecule has 4 rings (SSSR count). The van der Waals surface area contributed by atoms with E-state index in [-0.39, 0.29) is 17.8 Å². The number of rotatable bonds is 5. The molecule has 0 fully saturated rings. The van der Waals surface area contributed by atoms with Crippen LogP contribution in [0.15, 0.2) is 60.9 Å². The van der Waals surface area contributed by atoms with Gasteiger partial charge in [0.15, 0.2) is 0 Å². The lowest BCUT2D eigenvalue weighted by Crippen LogP contribution is -2.33. The highest BCUT2D eigenvalue weighted by molar-refractivity contribution is 5.90. The summed E-state index contributed by atoms with van der Waals surface area (Å²) in [6, 6.07) is 16.1. The van der Waals surface area contributed by atoms with E-state index >= 15 is 0 Å². The molecule has 0 saturated carbocycles. The van der Waals surface area contributed by atoms with Crippen molar-refractivity contribution in [2.45, 2.75) is 12.6 Å². The standard InChI is InChI=1S/C22H22N4O2/c1-26-14-16-6-3-4-9-19(16)20(26)13-25-22(27)21-23-11-17(12-24-21)15-7-5-8-18(10-15)28-2/h3-12,20H,13-14H2,1-2H3,(H,25,27). The molecule has 28 heavy (non-hydrogen) atoms. The van der Waals surface area contributed by atoms with Crippen molar-refractivity contribution < 1.29 is 9.53 Å². The maximum Gasteiger partial charge on any atom is 0.289 e. The normalized spacial score (nSPS) is 15.9. The quantitative estimate of drug-likeness (QED) is 0.743. The summed E-state index contributed by atoms with van der Waals surface area (Å²) in [5, 5.41) is 2.96. The SMILES string of the molecule is COc1cccc(-c2cnc(C(=O)NCC3c4ccccc4CN3C)nc2)c1. The zero-order chi connectivity index (χ0) is 19.5. The second kappa shape index (κ2) is 7.78. The van der Waals surface area contributed by atoms with Gasteiger partial charge in [-0.25, -0.2) is 9.97 Å². The maximum absolute atomic E-state index is 12.5. The van der Waals surface area contributed by atoms with Gasteiger partial charge in [0.1, 0.15) is 5.75 Å². The Bertz CT molecular complexity index is 988. The van der Waals surface area contributed by atoms with Gasteiger partial charge in [-0.3, -0.25) is 9.69 Å². The molecule has 142 valence electrons. The van der Waals surface area contributed by atoms with Gasteiger partial charge in [-0.2, -0.15) is 0 Å². The van der Waals surface area contributed by atoms with E-state index in [4.69, 9.17) is 4.74 Å². The summed E-state index contributed by atoms with van der Waals surface area (Å²) in [7, 11) is 3.69. The fraction of sp³-hybridized carbons (Fsp3) is 0.227. The monoisotopic (exact) mass is 374 g/mol. The largest absolute Gasteiger partial charge is 0.497 e. The highest BCUT2D eigenvalue weighted by Crippen LogP contribution is 2.31. The van der Waals surface area contributed by atoms with Crippen LogP contribution in [-0.4, -0.2) is 41.5 Å². The number of carbonyl (C=O) groups excluding carboxylic acids is 1. The number of nitrogens with zero attached hydrogens (tertiary/aromatic N) is 3. The number of likely N-dealkylation sites (N-methyl/N-ethyl adjacent to an activating group) is 1. The number of aromatic nitrogens is 2. The minimum atomic E-state index is -0.269. The van der Waals surface area contributed by atoms with Crippen LogP contribution < -0.4 is 10.1 Å². The van der Waals surface area contributed by atoms with Gasteiger partial charge in [-0.05, 0) is 35.9 Å². The molecule has 1 aliphatic heterocycles. The number of amides is 1. The minimum Gasteiger partial charge on any atom is -0.497 e. The first-order valence-corrected chi connectivity index (χ1v) is 9.18. The zero-order valence-electron chi connectivity index (χ0n) is 15.9. The molecule has 1 amide bonds. The lowest BCUT2D eigenvalue weighted by molar-refractivity contribution is 0.0930. The van der Waals surface area contributed by atoms with Crippen molar-refractivity contribution in [3.8, 4) is 16.9 Å². The first-order valence-electron chi connectivity index (χ1n) is 9.18. The zero-order valence-corrected chi connectivity index (χ0v) is 15.9. The third-order valence-corrected chi connectivity index (χ3v) is 5.08. The number of hydrogen-bond donors (Lipinski definition) is 1. The molecule has 1 aromatic heterocycles. The number of hydrogen-bond acceptors (Lipinski definition) is 5. The van der Waals surface area contributed by atoms with E-state index in [2.05, 4.69) is 39.4 Å². The third-order valence-electron chi connectivity index (χ3n) is 5.08. The van der Waals surface area contributed by atoms with Crippen LogP contribution in [-0.2, 0) is 6.54 Å². The third kappa shape index (κ3) is 3.59. The molecular weight excluding hydrogens is 352 g/mol. The first-order chi connectivity index (χ1) is 13.7. The Hall–Kier alpha value is -3.25. The molecule has 0 radical (unpaired) electrons. The molecule has 6 nitrogen and oxygen atoms in total. The molecule has 1 unspecified atom stereocenters. The summed E-state index contributed by atoms with van der Waals surface area (Å²) >= 11 is 0. The second-order valence-electron chi connectivity index (χ2n) is 6.87. The van der Waals surface area contributed by atoms with Gasteiger partial charge in [0.25, 0.3) is 5.91 Å². The lowest BCUT2D eigenvalue weighted by Gasteiger charge is -2.20. The molecule has 0 bridgehead atoms. The first kappa shape index (κ1) is 18.1. The van der Waals surface area contributed by atoms with Crippen LogP contribution in [0.5, 0.6) is 5.75 Å². The van der Waals surface area contributed by atoms with Gasteiger partial charge in [0, 0.05) is 31.0 Å². The Balaban J connectivity index is 1.43. The average Bonchev–Trinajstić information content (AvgIpc) is 3.07. The van der Waals surface area contributed by atoms with Crippen molar-refractivity contribution in [2.75, 3.05) is 20.7 Å². The summed E-state index contributed by atoms with van der Waals surface area (Å²) in [5.74, 6) is 0.663. The Kier molecular flexibility index (Phi) is 5.04. The summed E-state index contributed by atoms with van der Waals surface area (Å²) in [6.07, 6.45) is 3.32. The summed E-state index contributed by atoms with van der Waals surface area (Å²) in [4.78, 5) is 23.2. The van der Waals surface area contributed by atoms with E-state index in [0.717, 1.165) is 23.4 Å². The van der Waals surface area contributed by atoms with E-state index in [0.29, 0.717) is 6.54 Å². The number of benzene rings is 2. The fourth-order valence-electron chi connectivity index (χ4n) is 3.55. The smallest absolute Gasteiger partial charge is 0.289 e. The van der Waals surface area contributed by atoms with E-state index in [9.17, 15) is 4.79 Å². The number of nitrogens with one attached hydrogen (secondary N) is 1. The fourth-order valence-corrected chi connectivity index (χ4v) is 3.55. The maximum atomic E-state index is 12.5. The van der Waals surface area contributed by atoms with Gasteiger partial charge in [-0.15, -0.1) is 0 Å². The van der Waals surface area contributed by atoms with Gasteiger partial charge in [-0.1, -0.05) is 36.4 Å². The number of methoxy groups -OCH3 is 1. The van der Waals surface area contributed by atoms with Gasteiger partial charge in [0.05, 0.1) is 13.2 Å². The van der Waals surface area contributed by atoms with Crippen molar-refractivity contribution in [1.82, 2.24) is 20.2 Å². The topological polar surface area (TPSA) is 67.3 Å². The van der Waals surface area contributed by atoms with Gasteiger partial charge in [0.2, 0.25) is 5.82 Å². The molecule has 3 aromatic rings. The van der Waals surface area contributed by atoms with Crippen molar-refractivity contribution >= 4 is 5.91 Å². The average molecular weight is 374 g/mol. The van der Waals surface area contributed by atoms with E-state index in [1.165, 1.54) is 11.1 Å². The van der Waals surface area contributed by atoms with E-state index in [1.54, 1.807) is 19.5 Å². The summed E-state index contributed by atoms with van der Waals surface area (Å²) < 4.78 is 5.24. The highest BCUT2D eigenvalue weighted by atomic mass is 16.5. The van der Waals surface area contributed by atoms with Crippen LogP contribution >= 0.6 is 0 Å². The van der Waals surface area contributed by atoms with E-state index < -0.39 is 0 Å². The molecule has 0 spiro atoms. The molecule has 2 aromatic carbocycles. The predicted molar refractivity (Wildman–Crippen MR) is 107 cm³/mol. The molecular formula is C22H22N4O2. The minimum absolute atomic E-state index is 0.163. The van der Waals surface area contributed by atoms with Crippen LogP contribution in [0, 0.1) is 0 Å². The molecule has 6 heteroatoms. The van der Waals surface area contributed by atoms with Gasteiger partial charge < -0.3 is 10.1 Å². The Morgan fingerprint density at radius 1 is 1.14 bits per heavy atom. The molecule has 1 aliphatic rings. The molecule has 0 aliphatic carbocycles. The van der Waals surface area contributed by atoms with Crippen LogP contribution in [0.2, 0.25) is 0 Å². The van der Waals surface area contributed by atoms with Crippen molar-refractivity contribution in [2.24, 2.45) is 0 Å². The Morgan fingerprint density at radius 3 is 2.71 bits per heavy atom. The van der Waals surface area contributed by atoms with Crippen LogP contribution in [0.25, 0.3) is 11.1 Å². The van der Waals surface area contributed by atoms with Crippen LogP contribution in [0.4, 0.5) is 0 Å². The van der Waals surface area contributed by atoms with E-state index in [1.807, 2.05) is 36.4 Å². The summed E-state index contributed by atoms with van der Waals surface area (Å²) in [6.45, 7) is 1.41. The predicted octanol–water partition coefficient (Wildman–Crippen LogP) is 3.07. The number of ether oxygens (including phenoxy) is 1. The second-order valence-corrected chi connectivity index (χ2v) is 6.87. The van der Waals surface area contributed by atoms with Gasteiger partial charge >= 0.3 is 0 Å². The van der Waals surface area contributed by atoms with Crippen LogP contribution in [0.1, 0.15) is 27.8 Å². The summed E-state index contributed by atoms with van der Waals surface area (Å²) in [5.41, 5.74) is 4.35. The highest BCUT2D eigenvalue weighted by Gasteiger charge is 2.27. The van der Waals surface area contributed by atoms with Crippen molar-refractivity contribution in [3.05, 3.63) is 77.9 Å². The lowest BCUT2D eigenvalue weighted by atomic mass is 10.1. The molecule has 1 N–H and O–H groups in total. The Labute approximate surface area is 164 Å². The Morgan fingerprint density at radius 2 is 1.93 bits per heavy atom. The molecule has 2 heterocycles. The van der Waals surface area contributed by atoms with Crippen molar-refractivity contribution in [3.63, 3.8) is 0 Å². The van der Waals surface area contributed by atoms with Crippen molar-refractivity contribution in [1.29, 1.82) is 0 Å². The van der Waals surface area contributed by atoms with Crippen LogP contribution in [0.3, 0.4) is 0 Å². The molecule has 0 saturated heterocycles. The molecule has 1 atom stereocenters.